The zero-order valence-electron chi connectivity index (χ0n) is 9.69. The molecule has 5 heteroatoms. The first-order valence-corrected chi connectivity index (χ1v) is 6.07. The summed E-state index contributed by atoms with van der Waals surface area (Å²) in [5.74, 6) is 1.42. The Hall–Kier alpha value is -0.910. The summed E-state index contributed by atoms with van der Waals surface area (Å²) in [6.45, 7) is -0.128. The summed E-state index contributed by atoms with van der Waals surface area (Å²) in [6.07, 6.45) is 1.94. The van der Waals surface area contributed by atoms with Gasteiger partial charge in [-0.05, 0) is 18.4 Å². The highest BCUT2D eigenvalue weighted by atomic mass is 32.2. The molecule has 0 fully saturated rings. The molecule has 0 bridgehead atoms. The fourth-order valence-corrected chi connectivity index (χ4v) is 2.38. The predicted octanol–water partition coefficient (Wildman–Crippen LogP) is 1.42. The predicted molar refractivity (Wildman–Crippen MR) is 65.3 cm³/mol. The van der Waals surface area contributed by atoms with Gasteiger partial charge in [0.15, 0.2) is 0 Å². The lowest BCUT2D eigenvalue weighted by molar-refractivity contribution is 0.262. The Morgan fingerprint density at radius 2 is 1.88 bits per heavy atom. The minimum absolute atomic E-state index is 0.128. The van der Waals surface area contributed by atoms with Gasteiger partial charge >= 0.3 is 0 Å². The van der Waals surface area contributed by atoms with Crippen molar-refractivity contribution in [2.24, 2.45) is 5.73 Å². The van der Waals surface area contributed by atoms with Crippen LogP contribution in [0.1, 0.15) is 11.6 Å². The summed E-state index contributed by atoms with van der Waals surface area (Å²) in [6, 6.07) is 3.16. The second-order valence-corrected chi connectivity index (χ2v) is 4.02. The lowest BCUT2D eigenvalue weighted by Crippen LogP contribution is -2.17. The van der Waals surface area contributed by atoms with Crippen molar-refractivity contribution < 1.29 is 14.6 Å². The normalized spacial score (nSPS) is 12.3. The third kappa shape index (κ3) is 2.42. The summed E-state index contributed by atoms with van der Waals surface area (Å²) in [5, 5.41) is 9.16. The molecule has 0 saturated carbocycles. The van der Waals surface area contributed by atoms with Crippen molar-refractivity contribution >= 4 is 11.8 Å². The van der Waals surface area contributed by atoms with E-state index in [2.05, 4.69) is 0 Å². The van der Waals surface area contributed by atoms with Crippen molar-refractivity contribution in [1.29, 1.82) is 0 Å². The number of ether oxygens (including phenoxy) is 2. The molecule has 1 atom stereocenters. The lowest BCUT2D eigenvalue weighted by atomic mass is 10.1. The van der Waals surface area contributed by atoms with Gasteiger partial charge in [-0.2, -0.15) is 0 Å². The molecule has 4 nitrogen and oxygen atoms in total. The molecule has 1 aromatic rings. The van der Waals surface area contributed by atoms with Crippen LogP contribution in [0.4, 0.5) is 0 Å². The molecule has 1 rings (SSSR count). The standard InChI is InChI=1S/C11H17NO3S/c1-14-8-4-5-9(15-2)11(16-3)10(8)7(12)6-13/h4-5,7,13H,6,12H2,1-3H3. The zero-order valence-corrected chi connectivity index (χ0v) is 10.5. The van der Waals surface area contributed by atoms with Crippen LogP contribution in [-0.4, -0.2) is 32.2 Å². The van der Waals surface area contributed by atoms with Crippen molar-refractivity contribution in [3.05, 3.63) is 17.7 Å². The topological polar surface area (TPSA) is 64.7 Å². The minimum atomic E-state index is -0.465. The van der Waals surface area contributed by atoms with Crippen molar-refractivity contribution in [2.45, 2.75) is 10.9 Å². The lowest BCUT2D eigenvalue weighted by Gasteiger charge is -2.19. The Labute approximate surface area is 99.7 Å². The van der Waals surface area contributed by atoms with Crippen LogP contribution in [0.25, 0.3) is 0 Å². The van der Waals surface area contributed by atoms with E-state index in [9.17, 15) is 0 Å². The average molecular weight is 243 g/mol. The third-order valence-corrected chi connectivity index (χ3v) is 3.16. The van der Waals surface area contributed by atoms with Gasteiger partial charge in [-0.15, -0.1) is 11.8 Å². The van der Waals surface area contributed by atoms with Gasteiger partial charge in [0.25, 0.3) is 0 Å². The van der Waals surface area contributed by atoms with Crippen LogP contribution in [0.15, 0.2) is 17.0 Å². The van der Waals surface area contributed by atoms with E-state index in [-0.39, 0.29) is 6.61 Å². The molecule has 0 aromatic heterocycles. The molecule has 0 saturated heterocycles. The van der Waals surface area contributed by atoms with Gasteiger partial charge in [-0.25, -0.2) is 0 Å². The van der Waals surface area contributed by atoms with Gasteiger partial charge in [0, 0.05) is 5.56 Å². The van der Waals surface area contributed by atoms with E-state index in [1.165, 1.54) is 11.8 Å². The Morgan fingerprint density at radius 1 is 1.31 bits per heavy atom. The summed E-state index contributed by atoms with van der Waals surface area (Å²) in [4.78, 5) is 0.906. The molecule has 0 aliphatic carbocycles. The first-order chi connectivity index (χ1) is 7.69. The molecule has 3 N–H and O–H groups in total. The van der Waals surface area contributed by atoms with Crippen molar-refractivity contribution in [2.75, 3.05) is 27.1 Å². The summed E-state index contributed by atoms with van der Waals surface area (Å²) >= 11 is 1.52. The maximum absolute atomic E-state index is 9.16. The Morgan fingerprint density at radius 3 is 2.31 bits per heavy atom. The summed E-state index contributed by atoms with van der Waals surface area (Å²) in [5.41, 5.74) is 6.66. The van der Waals surface area contributed by atoms with Crippen LogP contribution in [0.5, 0.6) is 11.5 Å². The highest BCUT2D eigenvalue weighted by Gasteiger charge is 2.19. The van der Waals surface area contributed by atoms with E-state index in [0.29, 0.717) is 5.75 Å². The van der Waals surface area contributed by atoms with Crippen LogP contribution >= 0.6 is 11.8 Å². The van der Waals surface area contributed by atoms with Crippen LogP contribution < -0.4 is 15.2 Å². The Kier molecular flexibility index (Phi) is 4.92. The highest BCUT2D eigenvalue weighted by Crippen LogP contribution is 2.39. The van der Waals surface area contributed by atoms with E-state index in [0.717, 1.165) is 16.2 Å². The summed E-state index contributed by atoms with van der Waals surface area (Å²) in [7, 11) is 3.19. The Balaban J connectivity index is 3.36. The molecule has 1 aromatic carbocycles. The number of hydrogen-bond donors (Lipinski definition) is 2. The molecule has 0 amide bonds. The van der Waals surface area contributed by atoms with Gasteiger partial charge in [-0.3, -0.25) is 0 Å². The van der Waals surface area contributed by atoms with Gasteiger partial charge < -0.3 is 20.3 Å². The molecule has 0 aliphatic heterocycles. The number of hydrogen-bond acceptors (Lipinski definition) is 5. The molecular weight excluding hydrogens is 226 g/mol. The number of aliphatic hydroxyl groups excluding tert-OH is 1. The molecule has 0 aliphatic rings. The van der Waals surface area contributed by atoms with Crippen molar-refractivity contribution in [3.8, 4) is 11.5 Å². The number of thioether (sulfide) groups is 1. The van der Waals surface area contributed by atoms with Crippen molar-refractivity contribution in [1.82, 2.24) is 0 Å². The summed E-state index contributed by atoms with van der Waals surface area (Å²) < 4.78 is 10.5. The number of rotatable bonds is 5. The van der Waals surface area contributed by atoms with Crippen LogP contribution in [0, 0.1) is 0 Å². The first-order valence-electron chi connectivity index (χ1n) is 4.84. The van der Waals surface area contributed by atoms with Gasteiger partial charge in [0.2, 0.25) is 0 Å². The highest BCUT2D eigenvalue weighted by molar-refractivity contribution is 7.98. The van der Waals surface area contributed by atoms with E-state index in [4.69, 9.17) is 20.3 Å². The van der Waals surface area contributed by atoms with Gasteiger partial charge in [0.1, 0.15) is 11.5 Å². The molecular formula is C11H17NO3S. The second-order valence-electron chi connectivity index (χ2n) is 3.21. The van der Waals surface area contributed by atoms with E-state index in [1.807, 2.05) is 12.3 Å². The smallest absolute Gasteiger partial charge is 0.133 e. The largest absolute Gasteiger partial charge is 0.496 e. The number of aliphatic hydroxyl groups is 1. The third-order valence-electron chi connectivity index (χ3n) is 2.33. The number of benzene rings is 1. The molecule has 16 heavy (non-hydrogen) atoms. The molecule has 0 spiro atoms. The van der Waals surface area contributed by atoms with Gasteiger partial charge in [-0.1, -0.05) is 0 Å². The van der Waals surface area contributed by atoms with Crippen LogP contribution in [0.2, 0.25) is 0 Å². The van der Waals surface area contributed by atoms with Gasteiger partial charge in [0.05, 0.1) is 31.8 Å². The Bertz CT molecular complexity index is 357. The quantitative estimate of drug-likeness (QED) is 0.766. The second kappa shape index (κ2) is 5.98. The molecule has 90 valence electrons. The fourth-order valence-electron chi connectivity index (χ4n) is 1.55. The van der Waals surface area contributed by atoms with E-state index in [1.54, 1.807) is 20.3 Å². The number of methoxy groups -OCH3 is 2. The van der Waals surface area contributed by atoms with Crippen molar-refractivity contribution in [3.63, 3.8) is 0 Å². The van der Waals surface area contributed by atoms with E-state index >= 15 is 0 Å². The minimum Gasteiger partial charge on any atom is -0.496 e. The SMILES string of the molecule is COc1ccc(OC)c(C(N)CO)c1SC. The number of nitrogens with two attached hydrogens (primary N) is 1. The zero-order chi connectivity index (χ0) is 12.1. The van der Waals surface area contributed by atoms with Crippen LogP contribution in [-0.2, 0) is 0 Å². The maximum atomic E-state index is 9.16. The van der Waals surface area contributed by atoms with Crippen LogP contribution in [0.3, 0.4) is 0 Å². The molecule has 0 heterocycles. The maximum Gasteiger partial charge on any atom is 0.133 e. The first kappa shape index (κ1) is 13.2. The molecule has 0 radical (unpaired) electrons. The fraction of sp³-hybridized carbons (Fsp3) is 0.455. The molecule has 1 unspecified atom stereocenters. The average Bonchev–Trinajstić information content (AvgIpc) is 2.35. The van der Waals surface area contributed by atoms with E-state index < -0.39 is 6.04 Å². The monoisotopic (exact) mass is 243 g/mol.